The summed E-state index contributed by atoms with van der Waals surface area (Å²) in [6.07, 6.45) is 1.25. The van der Waals surface area contributed by atoms with Crippen molar-refractivity contribution in [1.29, 1.82) is 0 Å². The minimum atomic E-state index is 0.771. The number of thioether (sulfide) groups is 2. The maximum Gasteiger partial charge on any atom is 0.0585 e. The van der Waals surface area contributed by atoms with E-state index in [-0.39, 0.29) is 0 Å². The van der Waals surface area contributed by atoms with E-state index in [4.69, 9.17) is 0 Å². The molecule has 0 saturated heterocycles. The molecule has 0 N–H and O–H groups in total. The zero-order valence-corrected chi connectivity index (χ0v) is 7.86. The largest absolute Gasteiger partial charge is 0.174 e. The molecule has 1 atom stereocenters. The highest BCUT2D eigenvalue weighted by atomic mass is 32.2. The van der Waals surface area contributed by atoms with E-state index in [2.05, 4.69) is 25.0 Å². The van der Waals surface area contributed by atoms with Crippen LogP contribution in [0.1, 0.15) is 13.3 Å². The molecule has 1 aliphatic heterocycles. The van der Waals surface area contributed by atoms with Gasteiger partial charge in [0.15, 0.2) is 0 Å². The molecule has 0 aliphatic carbocycles. The molecule has 0 saturated carbocycles. The molecule has 0 nitrogen and oxygen atoms in total. The molecule has 0 fully saturated rings. The minimum Gasteiger partial charge on any atom is -0.174 e. The molecule has 1 unspecified atom stereocenters. The second-order valence-corrected chi connectivity index (χ2v) is 4.85. The molecule has 0 radical (unpaired) electrons. The van der Waals surface area contributed by atoms with Crippen molar-refractivity contribution in [2.24, 2.45) is 0 Å². The van der Waals surface area contributed by atoms with E-state index in [1.807, 2.05) is 23.5 Å². The Balaban J connectivity index is 2.31. The van der Waals surface area contributed by atoms with Crippen molar-refractivity contribution in [3.63, 3.8) is 0 Å². The third-order valence-electron chi connectivity index (χ3n) is 1.12. The van der Waals surface area contributed by atoms with Gasteiger partial charge >= 0.3 is 0 Å². The van der Waals surface area contributed by atoms with E-state index in [0.717, 1.165) is 10.3 Å². The van der Waals surface area contributed by atoms with Crippen LogP contribution in [0.3, 0.4) is 0 Å². The summed E-state index contributed by atoms with van der Waals surface area (Å²) < 4.78 is 0.771. The van der Waals surface area contributed by atoms with Crippen molar-refractivity contribution >= 4 is 36.2 Å². The Bertz CT molecular complexity index is 119. The maximum atomic E-state index is 4.19. The molecule has 0 aromatic carbocycles. The summed E-state index contributed by atoms with van der Waals surface area (Å²) in [5.74, 6) is 0.911. The van der Waals surface area contributed by atoms with Gasteiger partial charge in [0.2, 0.25) is 0 Å². The Labute approximate surface area is 70.3 Å². The molecule has 0 spiro atoms. The SMILES string of the molecule is CCC1SC=C(CS)S1. The van der Waals surface area contributed by atoms with Crippen LogP contribution in [0.2, 0.25) is 0 Å². The van der Waals surface area contributed by atoms with Gasteiger partial charge in [-0.25, -0.2) is 0 Å². The quantitative estimate of drug-likeness (QED) is 0.646. The second kappa shape index (κ2) is 3.84. The molecule has 3 heteroatoms. The first kappa shape index (κ1) is 7.89. The van der Waals surface area contributed by atoms with Crippen molar-refractivity contribution < 1.29 is 0 Å². The molecule has 9 heavy (non-hydrogen) atoms. The summed E-state index contributed by atoms with van der Waals surface area (Å²) in [6.45, 7) is 2.22. The second-order valence-electron chi connectivity index (χ2n) is 1.83. The fraction of sp³-hybridized carbons (Fsp3) is 0.667. The lowest BCUT2D eigenvalue weighted by atomic mass is 10.6. The number of rotatable bonds is 2. The van der Waals surface area contributed by atoms with Gasteiger partial charge in [-0.05, 0) is 11.8 Å². The van der Waals surface area contributed by atoms with Gasteiger partial charge in [-0.3, -0.25) is 0 Å². The summed E-state index contributed by atoms with van der Waals surface area (Å²) in [6, 6.07) is 0. The van der Waals surface area contributed by atoms with Crippen LogP contribution in [-0.4, -0.2) is 10.3 Å². The molecule has 1 heterocycles. The molecule has 1 aliphatic rings. The maximum absolute atomic E-state index is 4.19. The summed E-state index contributed by atoms with van der Waals surface area (Å²) in [4.78, 5) is 1.43. The molecular formula is C6H10S3. The van der Waals surface area contributed by atoms with E-state index in [9.17, 15) is 0 Å². The van der Waals surface area contributed by atoms with E-state index in [1.54, 1.807) is 0 Å². The Morgan fingerprint density at radius 2 is 2.56 bits per heavy atom. The Morgan fingerprint density at radius 3 is 2.89 bits per heavy atom. The molecule has 0 amide bonds. The summed E-state index contributed by atoms with van der Waals surface area (Å²) in [5.41, 5.74) is 0. The number of hydrogen-bond donors (Lipinski definition) is 1. The summed E-state index contributed by atoms with van der Waals surface area (Å²) in [5, 5.41) is 2.23. The smallest absolute Gasteiger partial charge is 0.0585 e. The van der Waals surface area contributed by atoms with Crippen molar-refractivity contribution in [2.45, 2.75) is 17.9 Å². The minimum absolute atomic E-state index is 0.771. The highest BCUT2D eigenvalue weighted by Crippen LogP contribution is 2.41. The van der Waals surface area contributed by atoms with Crippen LogP contribution >= 0.6 is 36.2 Å². The Hall–Kier alpha value is 0.790. The number of thiol groups is 1. The first-order chi connectivity index (χ1) is 4.36. The van der Waals surface area contributed by atoms with Gasteiger partial charge in [-0.2, -0.15) is 12.6 Å². The van der Waals surface area contributed by atoms with Crippen LogP contribution < -0.4 is 0 Å². The lowest BCUT2D eigenvalue weighted by molar-refractivity contribution is 1.06. The van der Waals surface area contributed by atoms with Crippen molar-refractivity contribution in [1.82, 2.24) is 0 Å². The first-order valence-electron chi connectivity index (χ1n) is 2.99. The third kappa shape index (κ3) is 2.13. The van der Waals surface area contributed by atoms with Gasteiger partial charge in [0.1, 0.15) is 0 Å². The van der Waals surface area contributed by atoms with Gasteiger partial charge < -0.3 is 0 Å². The van der Waals surface area contributed by atoms with Crippen LogP contribution in [0, 0.1) is 0 Å². The zero-order chi connectivity index (χ0) is 6.69. The van der Waals surface area contributed by atoms with Gasteiger partial charge in [-0.1, -0.05) is 6.92 Å². The van der Waals surface area contributed by atoms with Crippen molar-refractivity contribution in [3.8, 4) is 0 Å². The third-order valence-corrected chi connectivity index (χ3v) is 4.67. The fourth-order valence-corrected chi connectivity index (χ4v) is 3.38. The van der Waals surface area contributed by atoms with Crippen molar-refractivity contribution in [2.75, 3.05) is 5.75 Å². The predicted molar refractivity (Wildman–Crippen MR) is 51.2 cm³/mol. The first-order valence-corrected chi connectivity index (χ1v) is 5.44. The highest BCUT2D eigenvalue weighted by molar-refractivity contribution is 8.23. The van der Waals surface area contributed by atoms with Gasteiger partial charge in [0, 0.05) is 10.7 Å². The molecule has 0 aromatic rings. The van der Waals surface area contributed by atoms with Crippen LogP contribution in [0.4, 0.5) is 0 Å². The Kier molecular flexibility index (Phi) is 3.37. The summed E-state index contributed by atoms with van der Waals surface area (Å²) in [7, 11) is 0. The molecule has 0 aromatic heterocycles. The topological polar surface area (TPSA) is 0 Å². The van der Waals surface area contributed by atoms with E-state index in [1.165, 1.54) is 11.3 Å². The number of hydrogen-bond acceptors (Lipinski definition) is 3. The normalized spacial score (nSPS) is 26.4. The summed E-state index contributed by atoms with van der Waals surface area (Å²) >= 11 is 8.08. The van der Waals surface area contributed by atoms with E-state index >= 15 is 0 Å². The fourth-order valence-electron chi connectivity index (χ4n) is 0.630. The predicted octanol–water partition coefficient (Wildman–Crippen LogP) is 2.97. The van der Waals surface area contributed by atoms with Crippen LogP contribution in [-0.2, 0) is 0 Å². The zero-order valence-electron chi connectivity index (χ0n) is 5.33. The average molecular weight is 178 g/mol. The molecule has 1 rings (SSSR count). The molecular weight excluding hydrogens is 168 g/mol. The monoisotopic (exact) mass is 178 g/mol. The van der Waals surface area contributed by atoms with Gasteiger partial charge in [-0.15, -0.1) is 23.5 Å². The average Bonchev–Trinajstić information content (AvgIpc) is 2.34. The highest BCUT2D eigenvalue weighted by Gasteiger charge is 2.14. The van der Waals surface area contributed by atoms with E-state index < -0.39 is 0 Å². The van der Waals surface area contributed by atoms with Crippen LogP contribution in [0.25, 0.3) is 0 Å². The van der Waals surface area contributed by atoms with Gasteiger partial charge in [0.05, 0.1) is 4.58 Å². The molecule has 52 valence electrons. The van der Waals surface area contributed by atoms with Crippen LogP contribution in [0.5, 0.6) is 0 Å². The van der Waals surface area contributed by atoms with Gasteiger partial charge in [0.25, 0.3) is 0 Å². The lowest BCUT2D eigenvalue weighted by Gasteiger charge is -2.02. The van der Waals surface area contributed by atoms with Crippen molar-refractivity contribution in [3.05, 3.63) is 10.3 Å². The standard InChI is InChI=1S/C6H10S3/c1-2-6-8-4-5(3-7)9-6/h4,6-7H,2-3H2,1H3. The Morgan fingerprint density at radius 1 is 1.78 bits per heavy atom. The van der Waals surface area contributed by atoms with E-state index in [0.29, 0.717) is 0 Å². The lowest BCUT2D eigenvalue weighted by Crippen LogP contribution is -1.86. The van der Waals surface area contributed by atoms with Crippen LogP contribution in [0.15, 0.2) is 10.3 Å². The molecule has 0 bridgehead atoms.